The fourth-order valence-electron chi connectivity index (χ4n) is 3.52. The second-order valence-corrected chi connectivity index (χ2v) is 7.14. The van der Waals surface area contributed by atoms with Gasteiger partial charge < -0.3 is 0 Å². The Morgan fingerprint density at radius 1 is 0.938 bits per heavy atom. The van der Waals surface area contributed by atoms with Crippen molar-refractivity contribution in [2.45, 2.75) is 61.3 Å². The van der Waals surface area contributed by atoms with E-state index in [1.807, 2.05) is 0 Å². The van der Waals surface area contributed by atoms with Gasteiger partial charge in [0.1, 0.15) is 0 Å². The maximum Gasteiger partial charge on any atom is -0.0331 e. The van der Waals surface area contributed by atoms with Crippen LogP contribution in [-0.4, -0.2) is 0 Å². The van der Waals surface area contributed by atoms with Gasteiger partial charge in [0, 0.05) is 0 Å². The summed E-state index contributed by atoms with van der Waals surface area (Å²) in [5.74, 6) is 6.62. The van der Waals surface area contributed by atoms with Gasteiger partial charge in [-0.1, -0.05) is 48.5 Å². The monoisotopic (exact) mass is 224 g/mol. The molecule has 5 atom stereocenters. The van der Waals surface area contributed by atoms with Crippen LogP contribution in [0.15, 0.2) is 0 Å². The van der Waals surface area contributed by atoms with E-state index in [2.05, 4.69) is 48.5 Å². The molecule has 0 aromatic heterocycles. The highest BCUT2D eigenvalue weighted by atomic mass is 14.5. The second-order valence-electron chi connectivity index (χ2n) is 7.14. The Kier molecular flexibility index (Phi) is 4.88. The quantitative estimate of drug-likeness (QED) is 0.579. The summed E-state index contributed by atoms with van der Waals surface area (Å²) in [5, 5.41) is 0. The van der Waals surface area contributed by atoms with Crippen molar-refractivity contribution in [2.75, 3.05) is 0 Å². The molecule has 0 amide bonds. The minimum absolute atomic E-state index is 0.847. The van der Waals surface area contributed by atoms with Crippen LogP contribution in [0.4, 0.5) is 0 Å². The van der Waals surface area contributed by atoms with Crippen molar-refractivity contribution in [3.63, 3.8) is 0 Å². The van der Waals surface area contributed by atoms with E-state index in [0.29, 0.717) is 0 Å². The summed E-state index contributed by atoms with van der Waals surface area (Å²) in [6.07, 6.45) is 2.90. The average molecular weight is 224 g/mol. The van der Waals surface area contributed by atoms with Gasteiger partial charge in [-0.25, -0.2) is 0 Å². The molecule has 16 heavy (non-hydrogen) atoms. The maximum absolute atomic E-state index is 2.46. The van der Waals surface area contributed by atoms with E-state index in [4.69, 9.17) is 0 Å². The molecule has 1 saturated carbocycles. The first kappa shape index (κ1) is 14.1. The molecule has 0 spiro atoms. The third kappa shape index (κ3) is 3.50. The molecule has 0 nitrogen and oxygen atoms in total. The van der Waals surface area contributed by atoms with Gasteiger partial charge in [-0.15, -0.1) is 0 Å². The smallest absolute Gasteiger partial charge is 0.0331 e. The van der Waals surface area contributed by atoms with Crippen LogP contribution in [0.3, 0.4) is 0 Å². The van der Waals surface area contributed by atoms with Crippen LogP contribution >= 0.6 is 0 Å². The van der Waals surface area contributed by atoms with Crippen LogP contribution in [0.5, 0.6) is 0 Å². The molecule has 0 saturated heterocycles. The normalized spacial score (nSPS) is 33.2. The molecule has 5 unspecified atom stereocenters. The first-order valence-electron chi connectivity index (χ1n) is 7.34. The third-order valence-electron chi connectivity index (χ3n) is 4.99. The van der Waals surface area contributed by atoms with Crippen LogP contribution in [0, 0.1) is 41.4 Å². The molecule has 1 rings (SSSR count). The zero-order chi connectivity index (χ0) is 12.5. The van der Waals surface area contributed by atoms with Crippen molar-refractivity contribution in [3.05, 3.63) is 0 Å². The van der Waals surface area contributed by atoms with E-state index in [-0.39, 0.29) is 0 Å². The standard InChI is InChI=1S/C16H32/c1-10(2)13(6)8-12(5)9-15-14(7)16(15)11(3)4/h10-16H,8-9H2,1-7H3. The molecule has 0 aliphatic heterocycles. The van der Waals surface area contributed by atoms with Gasteiger partial charge >= 0.3 is 0 Å². The lowest BCUT2D eigenvalue weighted by Crippen LogP contribution is -2.10. The molecule has 96 valence electrons. The van der Waals surface area contributed by atoms with Crippen LogP contribution in [0.1, 0.15) is 61.3 Å². The SMILES string of the molecule is CC(CC(C)C(C)C)CC1C(C)C1C(C)C. The molecule has 0 bridgehead atoms. The van der Waals surface area contributed by atoms with E-state index >= 15 is 0 Å². The summed E-state index contributed by atoms with van der Waals surface area (Å²) in [5.41, 5.74) is 0. The summed E-state index contributed by atoms with van der Waals surface area (Å²) in [4.78, 5) is 0. The predicted molar refractivity (Wildman–Crippen MR) is 73.4 cm³/mol. The third-order valence-corrected chi connectivity index (χ3v) is 4.99. The molecule has 0 aromatic carbocycles. The van der Waals surface area contributed by atoms with E-state index in [1.165, 1.54) is 12.8 Å². The highest BCUT2D eigenvalue weighted by molar-refractivity contribution is 4.96. The molecule has 0 heteroatoms. The van der Waals surface area contributed by atoms with Crippen LogP contribution in [-0.2, 0) is 0 Å². The first-order valence-corrected chi connectivity index (χ1v) is 7.34. The van der Waals surface area contributed by atoms with Crippen LogP contribution in [0.25, 0.3) is 0 Å². The van der Waals surface area contributed by atoms with Crippen LogP contribution in [0.2, 0.25) is 0 Å². The Bertz CT molecular complexity index is 204. The average Bonchev–Trinajstić information content (AvgIpc) is 2.75. The Morgan fingerprint density at radius 2 is 1.50 bits per heavy atom. The zero-order valence-corrected chi connectivity index (χ0v) is 12.5. The lowest BCUT2D eigenvalue weighted by Gasteiger charge is -2.20. The van der Waals surface area contributed by atoms with Gasteiger partial charge in [0.25, 0.3) is 0 Å². The Morgan fingerprint density at radius 3 is 1.88 bits per heavy atom. The maximum atomic E-state index is 2.46. The van der Waals surface area contributed by atoms with Gasteiger partial charge in [0.15, 0.2) is 0 Å². The molecule has 1 aliphatic carbocycles. The second kappa shape index (κ2) is 5.56. The summed E-state index contributed by atoms with van der Waals surface area (Å²) in [6, 6.07) is 0. The minimum atomic E-state index is 0.847. The summed E-state index contributed by atoms with van der Waals surface area (Å²) >= 11 is 0. The number of hydrogen-bond acceptors (Lipinski definition) is 0. The number of rotatable bonds is 6. The molecule has 0 aromatic rings. The Hall–Kier alpha value is 0. The molecule has 0 N–H and O–H groups in total. The lowest BCUT2D eigenvalue weighted by molar-refractivity contribution is 0.306. The summed E-state index contributed by atoms with van der Waals surface area (Å²) in [7, 11) is 0. The van der Waals surface area contributed by atoms with Crippen molar-refractivity contribution in [1.82, 2.24) is 0 Å². The minimum Gasteiger partial charge on any atom is -0.0625 e. The topological polar surface area (TPSA) is 0 Å². The van der Waals surface area contributed by atoms with E-state index in [0.717, 1.165) is 41.4 Å². The van der Waals surface area contributed by atoms with Gasteiger partial charge in [0.2, 0.25) is 0 Å². The Labute approximate surface area is 103 Å². The first-order chi connectivity index (χ1) is 7.34. The van der Waals surface area contributed by atoms with Gasteiger partial charge in [0.05, 0.1) is 0 Å². The van der Waals surface area contributed by atoms with E-state index in [9.17, 15) is 0 Å². The van der Waals surface area contributed by atoms with Gasteiger partial charge in [-0.2, -0.15) is 0 Å². The molecular weight excluding hydrogens is 192 g/mol. The van der Waals surface area contributed by atoms with Gasteiger partial charge in [-0.05, 0) is 54.3 Å². The molecular formula is C16H32. The largest absolute Gasteiger partial charge is 0.0625 e. The van der Waals surface area contributed by atoms with Crippen molar-refractivity contribution in [3.8, 4) is 0 Å². The Balaban J connectivity index is 2.28. The lowest BCUT2D eigenvalue weighted by atomic mass is 9.86. The molecule has 0 radical (unpaired) electrons. The van der Waals surface area contributed by atoms with Crippen LogP contribution < -0.4 is 0 Å². The highest BCUT2D eigenvalue weighted by Crippen LogP contribution is 2.54. The molecule has 1 fully saturated rings. The fourth-order valence-corrected chi connectivity index (χ4v) is 3.52. The zero-order valence-electron chi connectivity index (χ0n) is 12.5. The predicted octanol–water partition coefficient (Wildman–Crippen LogP) is 5.23. The van der Waals surface area contributed by atoms with E-state index in [1.54, 1.807) is 0 Å². The number of hydrogen-bond donors (Lipinski definition) is 0. The van der Waals surface area contributed by atoms with Crippen molar-refractivity contribution in [1.29, 1.82) is 0 Å². The van der Waals surface area contributed by atoms with Crippen molar-refractivity contribution >= 4 is 0 Å². The molecule has 1 aliphatic rings. The van der Waals surface area contributed by atoms with E-state index < -0.39 is 0 Å². The fraction of sp³-hybridized carbons (Fsp3) is 1.00. The molecule has 0 heterocycles. The van der Waals surface area contributed by atoms with Gasteiger partial charge in [-0.3, -0.25) is 0 Å². The highest BCUT2D eigenvalue weighted by Gasteiger charge is 2.47. The summed E-state index contributed by atoms with van der Waals surface area (Å²) < 4.78 is 0. The summed E-state index contributed by atoms with van der Waals surface area (Å²) in [6.45, 7) is 16.8. The van der Waals surface area contributed by atoms with Crippen molar-refractivity contribution in [2.24, 2.45) is 41.4 Å². The van der Waals surface area contributed by atoms with Crippen molar-refractivity contribution < 1.29 is 0 Å².